The van der Waals surface area contributed by atoms with Gasteiger partial charge in [-0.25, -0.2) is 0 Å². The van der Waals surface area contributed by atoms with Gasteiger partial charge in [0.05, 0.1) is 20.3 Å². The summed E-state index contributed by atoms with van der Waals surface area (Å²) in [6.07, 6.45) is 4.01. The number of hydrogen-bond donors (Lipinski definition) is 0. The number of methoxy groups -OCH3 is 1. The summed E-state index contributed by atoms with van der Waals surface area (Å²) in [6.45, 7) is 8.13. The third kappa shape index (κ3) is 5.81. The van der Waals surface area contributed by atoms with Gasteiger partial charge in [0.1, 0.15) is 19.0 Å². The molecule has 0 saturated carbocycles. The SMILES string of the molecule is CC=Cc1ccc(OCCOCCOc2cccc(C)c2C)c(OC)c1. The second kappa shape index (κ2) is 10.5. The second-order valence-corrected chi connectivity index (χ2v) is 5.92. The molecule has 0 aliphatic rings. The summed E-state index contributed by atoms with van der Waals surface area (Å²) in [6, 6.07) is 11.9. The minimum absolute atomic E-state index is 0.461. The Morgan fingerprint density at radius 3 is 2.27 bits per heavy atom. The lowest BCUT2D eigenvalue weighted by Gasteiger charge is -2.13. The molecule has 0 spiro atoms. The molecule has 0 radical (unpaired) electrons. The average molecular weight is 356 g/mol. The monoisotopic (exact) mass is 356 g/mol. The standard InChI is InChI=1S/C22H28O4/c1-5-7-19-10-11-21(22(16-19)23-4)26-15-13-24-12-14-25-20-9-6-8-17(2)18(20)3/h5-11,16H,12-15H2,1-4H3. The van der Waals surface area contributed by atoms with Crippen LogP contribution in [0.15, 0.2) is 42.5 Å². The molecule has 2 aromatic rings. The predicted octanol–water partition coefficient (Wildman–Crippen LogP) is 4.82. The quantitative estimate of drug-likeness (QED) is 0.572. The van der Waals surface area contributed by atoms with E-state index in [1.54, 1.807) is 7.11 Å². The molecule has 2 aromatic carbocycles. The molecular weight excluding hydrogens is 328 g/mol. The first-order valence-electron chi connectivity index (χ1n) is 8.86. The van der Waals surface area contributed by atoms with Crippen LogP contribution in [-0.4, -0.2) is 33.5 Å². The van der Waals surface area contributed by atoms with E-state index in [9.17, 15) is 0 Å². The van der Waals surface area contributed by atoms with Gasteiger partial charge in [-0.15, -0.1) is 0 Å². The van der Waals surface area contributed by atoms with Crippen LogP contribution in [0.1, 0.15) is 23.6 Å². The maximum atomic E-state index is 5.76. The van der Waals surface area contributed by atoms with E-state index in [0.29, 0.717) is 26.4 Å². The molecule has 0 aromatic heterocycles. The third-order valence-electron chi connectivity index (χ3n) is 4.07. The van der Waals surface area contributed by atoms with Gasteiger partial charge in [0.2, 0.25) is 0 Å². The Labute approximate surface area is 156 Å². The van der Waals surface area contributed by atoms with Gasteiger partial charge in [0.25, 0.3) is 0 Å². The second-order valence-electron chi connectivity index (χ2n) is 5.92. The first kappa shape index (κ1) is 19.9. The normalized spacial score (nSPS) is 10.9. The Kier molecular flexibility index (Phi) is 8.03. The van der Waals surface area contributed by atoms with Gasteiger partial charge in [0, 0.05) is 0 Å². The van der Waals surface area contributed by atoms with Crippen LogP contribution in [0, 0.1) is 13.8 Å². The lowest BCUT2D eigenvalue weighted by atomic mass is 10.1. The molecule has 0 aliphatic carbocycles. The van der Waals surface area contributed by atoms with Crippen LogP contribution >= 0.6 is 0 Å². The van der Waals surface area contributed by atoms with Crippen LogP contribution in [-0.2, 0) is 4.74 Å². The molecular formula is C22H28O4. The zero-order valence-electron chi connectivity index (χ0n) is 16.1. The lowest BCUT2D eigenvalue weighted by molar-refractivity contribution is 0.0755. The number of ether oxygens (including phenoxy) is 4. The molecule has 0 fully saturated rings. The Morgan fingerprint density at radius 1 is 0.846 bits per heavy atom. The third-order valence-corrected chi connectivity index (χ3v) is 4.07. The maximum Gasteiger partial charge on any atom is 0.161 e. The predicted molar refractivity (Wildman–Crippen MR) is 105 cm³/mol. The molecule has 140 valence electrons. The van der Waals surface area contributed by atoms with Gasteiger partial charge >= 0.3 is 0 Å². The van der Waals surface area contributed by atoms with E-state index in [1.165, 1.54) is 11.1 Å². The van der Waals surface area contributed by atoms with Crippen LogP contribution in [0.25, 0.3) is 6.08 Å². The Morgan fingerprint density at radius 2 is 1.58 bits per heavy atom. The van der Waals surface area contributed by atoms with Crippen LogP contribution in [0.4, 0.5) is 0 Å². The molecule has 2 rings (SSSR count). The first-order chi connectivity index (χ1) is 12.7. The topological polar surface area (TPSA) is 36.9 Å². The van der Waals surface area contributed by atoms with Crippen molar-refractivity contribution in [2.24, 2.45) is 0 Å². The molecule has 0 unspecified atom stereocenters. The van der Waals surface area contributed by atoms with Crippen molar-refractivity contribution in [3.05, 3.63) is 59.2 Å². The molecule has 0 saturated heterocycles. The van der Waals surface area contributed by atoms with Gasteiger partial charge < -0.3 is 18.9 Å². The molecule has 0 heterocycles. The van der Waals surface area contributed by atoms with E-state index in [2.05, 4.69) is 19.9 Å². The van der Waals surface area contributed by atoms with Crippen LogP contribution in [0.2, 0.25) is 0 Å². The van der Waals surface area contributed by atoms with Crippen molar-refractivity contribution in [3.63, 3.8) is 0 Å². The van der Waals surface area contributed by atoms with E-state index >= 15 is 0 Å². The van der Waals surface area contributed by atoms with Gasteiger partial charge in [0.15, 0.2) is 11.5 Å². The fraction of sp³-hybridized carbons (Fsp3) is 0.364. The minimum atomic E-state index is 0.461. The average Bonchev–Trinajstić information content (AvgIpc) is 2.65. The van der Waals surface area contributed by atoms with E-state index in [4.69, 9.17) is 18.9 Å². The van der Waals surface area contributed by atoms with E-state index in [0.717, 1.165) is 22.8 Å². The highest BCUT2D eigenvalue weighted by molar-refractivity contribution is 5.55. The van der Waals surface area contributed by atoms with Crippen molar-refractivity contribution >= 4 is 6.08 Å². The molecule has 0 atom stereocenters. The van der Waals surface area contributed by atoms with E-state index in [1.807, 2.05) is 49.4 Å². The number of allylic oxidation sites excluding steroid dienone is 1. The van der Waals surface area contributed by atoms with Crippen LogP contribution in [0.3, 0.4) is 0 Å². The summed E-state index contributed by atoms with van der Waals surface area (Å²) in [7, 11) is 1.64. The number of rotatable bonds is 10. The number of aryl methyl sites for hydroxylation is 1. The molecule has 26 heavy (non-hydrogen) atoms. The molecule has 4 heteroatoms. The fourth-order valence-electron chi connectivity index (χ4n) is 2.50. The van der Waals surface area contributed by atoms with Crippen molar-refractivity contribution in [1.82, 2.24) is 0 Å². The van der Waals surface area contributed by atoms with Gasteiger partial charge in [-0.2, -0.15) is 0 Å². The Hall–Kier alpha value is -2.46. The van der Waals surface area contributed by atoms with Crippen molar-refractivity contribution in [1.29, 1.82) is 0 Å². The van der Waals surface area contributed by atoms with Crippen molar-refractivity contribution < 1.29 is 18.9 Å². The molecule has 0 N–H and O–H groups in total. The minimum Gasteiger partial charge on any atom is -0.493 e. The zero-order chi connectivity index (χ0) is 18.8. The van der Waals surface area contributed by atoms with Crippen LogP contribution < -0.4 is 14.2 Å². The Bertz CT molecular complexity index is 722. The number of hydrogen-bond acceptors (Lipinski definition) is 4. The van der Waals surface area contributed by atoms with Gasteiger partial charge in [-0.3, -0.25) is 0 Å². The highest BCUT2D eigenvalue weighted by Gasteiger charge is 2.05. The van der Waals surface area contributed by atoms with Crippen LogP contribution in [0.5, 0.6) is 17.2 Å². The van der Waals surface area contributed by atoms with Crippen molar-refractivity contribution in [2.45, 2.75) is 20.8 Å². The summed E-state index contributed by atoms with van der Waals surface area (Å²) in [5, 5.41) is 0. The first-order valence-corrected chi connectivity index (χ1v) is 8.86. The molecule has 4 nitrogen and oxygen atoms in total. The summed E-state index contributed by atoms with van der Waals surface area (Å²) in [5.74, 6) is 2.35. The summed E-state index contributed by atoms with van der Waals surface area (Å²) in [5.41, 5.74) is 3.48. The van der Waals surface area contributed by atoms with Crippen molar-refractivity contribution in [3.8, 4) is 17.2 Å². The smallest absolute Gasteiger partial charge is 0.161 e. The summed E-state index contributed by atoms with van der Waals surface area (Å²) >= 11 is 0. The fourth-order valence-corrected chi connectivity index (χ4v) is 2.50. The van der Waals surface area contributed by atoms with E-state index in [-0.39, 0.29) is 0 Å². The molecule has 0 bridgehead atoms. The maximum absolute atomic E-state index is 5.76. The molecule has 0 amide bonds. The van der Waals surface area contributed by atoms with E-state index < -0.39 is 0 Å². The lowest BCUT2D eigenvalue weighted by Crippen LogP contribution is -2.12. The van der Waals surface area contributed by atoms with Gasteiger partial charge in [-0.05, 0) is 55.7 Å². The molecule has 0 aliphatic heterocycles. The summed E-state index contributed by atoms with van der Waals surface area (Å²) < 4.78 is 22.5. The van der Waals surface area contributed by atoms with Gasteiger partial charge in [-0.1, -0.05) is 30.4 Å². The van der Waals surface area contributed by atoms with Crippen molar-refractivity contribution in [2.75, 3.05) is 33.5 Å². The highest BCUT2D eigenvalue weighted by Crippen LogP contribution is 2.28. The Balaban J connectivity index is 1.68. The summed E-state index contributed by atoms with van der Waals surface area (Å²) in [4.78, 5) is 0. The zero-order valence-corrected chi connectivity index (χ0v) is 16.1. The largest absolute Gasteiger partial charge is 0.493 e. The number of benzene rings is 2. The highest BCUT2D eigenvalue weighted by atomic mass is 16.6.